The number of carbonyl (C=O) groups excluding carboxylic acids is 1. The molecule has 3 nitrogen and oxygen atoms in total. The first kappa shape index (κ1) is 9.66. The van der Waals surface area contributed by atoms with Crippen molar-refractivity contribution in [3.05, 3.63) is 16.1 Å². The van der Waals surface area contributed by atoms with Gasteiger partial charge in [0.25, 0.3) is 5.91 Å². The zero-order chi connectivity index (χ0) is 10.4. The average molecular weight is 240 g/mol. The van der Waals surface area contributed by atoms with Gasteiger partial charge in [-0.15, -0.1) is 11.3 Å². The van der Waals surface area contributed by atoms with Crippen molar-refractivity contribution in [2.75, 3.05) is 12.3 Å². The molecule has 1 aromatic heterocycles. The third-order valence-electron chi connectivity index (χ3n) is 3.10. The topological polar surface area (TPSA) is 33.2 Å². The fourth-order valence-corrected chi connectivity index (χ4v) is 4.48. The van der Waals surface area contributed by atoms with Crippen molar-refractivity contribution in [3.63, 3.8) is 0 Å². The molecule has 2 bridgehead atoms. The van der Waals surface area contributed by atoms with E-state index in [1.165, 1.54) is 17.8 Å². The molecule has 0 spiro atoms. The molecule has 2 fully saturated rings. The Hall–Kier alpha value is -0.550. The summed E-state index contributed by atoms with van der Waals surface area (Å²) in [6, 6.07) is 0.481. The molecule has 3 heterocycles. The molecule has 0 aliphatic carbocycles. The van der Waals surface area contributed by atoms with E-state index in [1.807, 2.05) is 23.6 Å². The van der Waals surface area contributed by atoms with Crippen LogP contribution in [0, 0.1) is 6.92 Å². The summed E-state index contributed by atoms with van der Waals surface area (Å²) in [7, 11) is 0. The number of aromatic nitrogens is 1. The van der Waals surface area contributed by atoms with Crippen LogP contribution in [-0.4, -0.2) is 39.4 Å². The smallest absolute Gasteiger partial charge is 0.266 e. The van der Waals surface area contributed by atoms with Gasteiger partial charge in [-0.25, -0.2) is 4.98 Å². The number of hydrogen-bond donors (Lipinski definition) is 0. The van der Waals surface area contributed by atoms with Gasteiger partial charge < -0.3 is 4.90 Å². The normalized spacial score (nSPS) is 28.7. The fraction of sp³-hybridized carbons (Fsp3) is 0.600. The zero-order valence-corrected chi connectivity index (χ0v) is 10.1. The molecular formula is C10H12N2OS2. The second-order valence-corrected chi connectivity index (χ2v) is 6.26. The summed E-state index contributed by atoms with van der Waals surface area (Å²) >= 11 is 3.47. The molecular weight excluding hydrogens is 228 g/mol. The molecule has 2 saturated heterocycles. The van der Waals surface area contributed by atoms with E-state index in [9.17, 15) is 4.79 Å². The number of rotatable bonds is 1. The highest BCUT2D eigenvalue weighted by molar-refractivity contribution is 8.00. The molecule has 2 aliphatic heterocycles. The molecule has 15 heavy (non-hydrogen) atoms. The summed E-state index contributed by atoms with van der Waals surface area (Å²) in [5.41, 5.74) is 2.63. The van der Waals surface area contributed by atoms with Gasteiger partial charge in [-0.3, -0.25) is 4.79 Å². The van der Waals surface area contributed by atoms with E-state index in [0.29, 0.717) is 11.3 Å². The number of nitrogens with zero attached hydrogens (tertiary/aromatic N) is 2. The van der Waals surface area contributed by atoms with Crippen molar-refractivity contribution in [2.45, 2.75) is 24.6 Å². The molecule has 1 amide bonds. The van der Waals surface area contributed by atoms with Crippen LogP contribution in [0.4, 0.5) is 0 Å². The Morgan fingerprint density at radius 2 is 2.53 bits per heavy atom. The molecule has 2 atom stereocenters. The highest BCUT2D eigenvalue weighted by atomic mass is 32.2. The van der Waals surface area contributed by atoms with Crippen molar-refractivity contribution in [1.29, 1.82) is 0 Å². The van der Waals surface area contributed by atoms with Gasteiger partial charge in [-0.1, -0.05) is 0 Å². The van der Waals surface area contributed by atoms with Crippen LogP contribution in [0.25, 0.3) is 0 Å². The standard InChI is InChI=1S/C10H12N2OS2/c1-6-9(15-5-11-6)10(13)12-3-8-2-7(12)4-14-8/h5,7-8H,2-4H2,1H3/t7-,8+/m0/s1. The maximum atomic E-state index is 12.2. The lowest BCUT2D eigenvalue weighted by Gasteiger charge is -2.26. The van der Waals surface area contributed by atoms with Gasteiger partial charge in [0.1, 0.15) is 4.88 Å². The predicted octanol–water partition coefficient (Wildman–Crippen LogP) is 1.78. The van der Waals surface area contributed by atoms with Gasteiger partial charge >= 0.3 is 0 Å². The molecule has 0 unspecified atom stereocenters. The van der Waals surface area contributed by atoms with E-state index < -0.39 is 0 Å². The van der Waals surface area contributed by atoms with Gasteiger partial charge in [-0.05, 0) is 13.3 Å². The molecule has 0 aromatic carbocycles. The van der Waals surface area contributed by atoms with E-state index >= 15 is 0 Å². The van der Waals surface area contributed by atoms with Crippen molar-refractivity contribution in [1.82, 2.24) is 9.88 Å². The lowest BCUT2D eigenvalue weighted by atomic mass is 10.2. The summed E-state index contributed by atoms with van der Waals surface area (Å²) in [4.78, 5) is 19.2. The highest BCUT2D eigenvalue weighted by Gasteiger charge is 2.41. The number of carbonyl (C=O) groups is 1. The lowest BCUT2D eigenvalue weighted by Crippen LogP contribution is -2.39. The minimum atomic E-state index is 0.197. The number of thioether (sulfide) groups is 1. The molecule has 0 radical (unpaired) electrons. The Balaban J connectivity index is 1.84. The van der Waals surface area contributed by atoms with Gasteiger partial charge in [0, 0.05) is 23.6 Å². The van der Waals surface area contributed by atoms with Crippen LogP contribution in [0.1, 0.15) is 21.8 Å². The average Bonchev–Trinajstić information content (AvgIpc) is 2.91. The van der Waals surface area contributed by atoms with Crippen molar-refractivity contribution in [2.24, 2.45) is 0 Å². The summed E-state index contributed by atoms with van der Waals surface area (Å²) in [6.07, 6.45) is 1.19. The SMILES string of the molecule is Cc1ncsc1C(=O)N1C[C@H]2C[C@H]1CS2. The fourth-order valence-electron chi connectivity index (χ4n) is 2.29. The molecule has 1 aromatic rings. The predicted molar refractivity (Wildman–Crippen MR) is 62.5 cm³/mol. The summed E-state index contributed by atoms with van der Waals surface area (Å²) in [6.45, 7) is 2.85. The number of fused-ring (bicyclic) bond motifs is 2. The number of hydrogen-bond acceptors (Lipinski definition) is 4. The summed E-state index contributed by atoms with van der Waals surface area (Å²) in [5.74, 6) is 1.32. The number of aryl methyl sites for hydroxylation is 1. The lowest BCUT2D eigenvalue weighted by molar-refractivity contribution is 0.0751. The Morgan fingerprint density at radius 1 is 1.67 bits per heavy atom. The largest absolute Gasteiger partial charge is 0.333 e. The highest BCUT2D eigenvalue weighted by Crippen LogP contribution is 2.38. The first-order chi connectivity index (χ1) is 7.25. The zero-order valence-electron chi connectivity index (χ0n) is 8.47. The first-order valence-corrected chi connectivity index (χ1v) is 7.01. The van der Waals surface area contributed by atoms with E-state index in [-0.39, 0.29) is 5.91 Å². The van der Waals surface area contributed by atoms with E-state index in [1.54, 1.807) is 5.51 Å². The van der Waals surface area contributed by atoms with Crippen LogP contribution in [0.5, 0.6) is 0 Å². The molecule has 3 rings (SSSR count). The maximum absolute atomic E-state index is 12.2. The quantitative estimate of drug-likeness (QED) is 0.750. The summed E-state index contributed by atoms with van der Waals surface area (Å²) < 4.78 is 0. The maximum Gasteiger partial charge on any atom is 0.266 e. The Kier molecular flexibility index (Phi) is 2.25. The third kappa shape index (κ3) is 1.49. The number of likely N-dealkylation sites (tertiary alicyclic amines) is 1. The van der Waals surface area contributed by atoms with Crippen LogP contribution < -0.4 is 0 Å². The minimum absolute atomic E-state index is 0.197. The molecule has 80 valence electrons. The number of amides is 1. The Bertz CT molecular complexity index is 404. The van der Waals surface area contributed by atoms with Crippen LogP contribution in [-0.2, 0) is 0 Å². The van der Waals surface area contributed by atoms with Crippen LogP contribution in [0.15, 0.2) is 5.51 Å². The minimum Gasteiger partial charge on any atom is -0.333 e. The second-order valence-electron chi connectivity index (χ2n) is 4.07. The van der Waals surface area contributed by atoms with Crippen LogP contribution in [0.2, 0.25) is 0 Å². The monoisotopic (exact) mass is 240 g/mol. The van der Waals surface area contributed by atoms with Crippen LogP contribution >= 0.6 is 23.1 Å². The van der Waals surface area contributed by atoms with Crippen molar-refractivity contribution in [3.8, 4) is 0 Å². The molecule has 2 aliphatic rings. The van der Waals surface area contributed by atoms with Gasteiger partial charge in [0.15, 0.2) is 0 Å². The Morgan fingerprint density at radius 3 is 3.07 bits per heavy atom. The van der Waals surface area contributed by atoms with E-state index in [0.717, 1.165) is 22.9 Å². The molecule has 5 heteroatoms. The number of thiazole rings is 1. The first-order valence-electron chi connectivity index (χ1n) is 5.08. The van der Waals surface area contributed by atoms with Crippen LogP contribution in [0.3, 0.4) is 0 Å². The Labute approximate surface area is 96.9 Å². The van der Waals surface area contributed by atoms with Gasteiger partial charge in [0.05, 0.1) is 11.2 Å². The molecule has 0 saturated carbocycles. The molecule has 0 N–H and O–H groups in total. The second kappa shape index (κ2) is 3.49. The van der Waals surface area contributed by atoms with E-state index in [4.69, 9.17) is 0 Å². The summed E-state index contributed by atoms with van der Waals surface area (Å²) in [5, 5.41) is 0.687. The van der Waals surface area contributed by atoms with Gasteiger partial charge in [-0.2, -0.15) is 11.8 Å². The van der Waals surface area contributed by atoms with E-state index in [2.05, 4.69) is 4.98 Å². The van der Waals surface area contributed by atoms with Crippen molar-refractivity contribution >= 4 is 29.0 Å². The van der Waals surface area contributed by atoms with Gasteiger partial charge in [0.2, 0.25) is 0 Å². The third-order valence-corrected chi connectivity index (χ3v) is 5.41. The van der Waals surface area contributed by atoms with Crippen molar-refractivity contribution < 1.29 is 4.79 Å².